The Hall–Kier alpha value is -0.320. The van der Waals surface area contributed by atoms with Crippen LogP contribution in [0.25, 0.3) is 0 Å². The first-order chi connectivity index (χ1) is 5.75. The third-order valence-electron chi connectivity index (χ3n) is 1.80. The normalized spacial score (nSPS) is 29.5. The first-order valence-corrected chi connectivity index (χ1v) is 4.68. The van der Waals surface area contributed by atoms with E-state index in [2.05, 4.69) is 28.2 Å². The fourth-order valence-corrected chi connectivity index (χ4v) is 1.55. The lowest BCUT2D eigenvalue weighted by molar-refractivity contribution is 0.0818. The summed E-state index contributed by atoms with van der Waals surface area (Å²) in [7, 11) is 0. The SMILES string of the molecule is CC1COC(c2ccc(Br)o2)N1. The molecule has 0 aliphatic carbocycles. The molecule has 12 heavy (non-hydrogen) atoms. The topological polar surface area (TPSA) is 34.4 Å². The highest BCUT2D eigenvalue weighted by molar-refractivity contribution is 9.10. The van der Waals surface area contributed by atoms with Crippen LogP contribution in [0, 0.1) is 0 Å². The largest absolute Gasteiger partial charge is 0.450 e. The molecule has 0 bridgehead atoms. The minimum absolute atomic E-state index is 0.0775. The van der Waals surface area contributed by atoms with Crippen molar-refractivity contribution in [2.45, 2.75) is 19.2 Å². The minimum atomic E-state index is -0.0775. The van der Waals surface area contributed by atoms with Gasteiger partial charge in [-0.3, -0.25) is 5.32 Å². The average molecular weight is 232 g/mol. The number of rotatable bonds is 1. The maximum Gasteiger partial charge on any atom is 0.169 e. The van der Waals surface area contributed by atoms with Gasteiger partial charge in [-0.2, -0.15) is 0 Å². The standard InChI is InChI=1S/C8H10BrNO2/c1-5-4-11-8(10-5)6-2-3-7(9)12-6/h2-3,5,8,10H,4H2,1H3. The van der Waals surface area contributed by atoms with E-state index in [0.29, 0.717) is 6.04 Å². The molecule has 0 spiro atoms. The van der Waals surface area contributed by atoms with E-state index in [4.69, 9.17) is 9.15 Å². The zero-order valence-electron chi connectivity index (χ0n) is 6.71. The third-order valence-corrected chi connectivity index (χ3v) is 2.23. The number of hydrogen-bond donors (Lipinski definition) is 1. The molecule has 1 fully saturated rings. The summed E-state index contributed by atoms with van der Waals surface area (Å²) in [6.07, 6.45) is -0.0775. The van der Waals surface area contributed by atoms with Gasteiger partial charge in [0.25, 0.3) is 0 Å². The molecule has 2 atom stereocenters. The van der Waals surface area contributed by atoms with Crippen molar-refractivity contribution in [1.29, 1.82) is 0 Å². The van der Waals surface area contributed by atoms with Crippen LogP contribution in [0.1, 0.15) is 18.9 Å². The zero-order chi connectivity index (χ0) is 8.55. The van der Waals surface area contributed by atoms with Crippen LogP contribution in [0.3, 0.4) is 0 Å². The molecule has 3 nitrogen and oxygen atoms in total. The Labute approximate surface area is 79.2 Å². The van der Waals surface area contributed by atoms with Crippen molar-refractivity contribution in [3.63, 3.8) is 0 Å². The van der Waals surface area contributed by atoms with Gasteiger partial charge in [0, 0.05) is 6.04 Å². The van der Waals surface area contributed by atoms with E-state index in [1.54, 1.807) is 0 Å². The van der Waals surface area contributed by atoms with Gasteiger partial charge >= 0.3 is 0 Å². The lowest BCUT2D eigenvalue weighted by Gasteiger charge is -2.05. The van der Waals surface area contributed by atoms with Gasteiger partial charge in [0.2, 0.25) is 0 Å². The van der Waals surface area contributed by atoms with E-state index in [0.717, 1.165) is 17.0 Å². The summed E-state index contributed by atoms with van der Waals surface area (Å²) in [6.45, 7) is 2.82. The molecule has 1 aliphatic heterocycles. The summed E-state index contributed by atoms with van der Waals surface area (Å²) in [6, 6.07) is 4.17. The summed E-state index contributed by atoms with van der Waals surface area (Å²) in [5, 5.41) is 3.25. The fourth-order valence-electron chi connectivity index (χ4n) is 1.23. The molecule has 2 unspecified atom stereocenters. The van der Waals surface area contributed by atoms with E-state index in [1.807, 2.05) is 12.1 Å². The molecular formula is C8H10BrNO2. The Morgan fingerprint density at radius 2 is 2.42 bits per heavy atom. The molecular weight excluding hydrogens is 222 g/mol. The lowest BCUT2D eigenvalue weighted by atomic mass is 10.3. The molecule has 1 aromatic heterocycles. The summed E-state index contributed by atoms with van der Waals surface area (Å²) in [5.41, 5.74) is 0. The van der Waals surface area contributed by atoms with Crippen LogP contribution in [0.4, 0.5) is 0 Å². The van der Waals surface area contributed by atoms with Crippen LogP contribution < -0.4 is 5.32 Å². The van der Waals surface area contributed by atoms with Gasteiger partial charge < -0.3 is 9.15 Å². The molecule has 1 aliphatic rings. The molecule has 2 heterocycles. The van der Waals surface area contributed by atoms with Crippen LogP contribution >= 0.6 is 15.9 Å². The van der Waals surface area contributed by atoms with Crippen LogP contribution in [0.15, 0.2) is 21.2 Å². The van der Waals surface area contributed by atoms with Crippen LogP contribution in [0.5, 0.6) is 0 Å². The van der Waals surface area contributed by atoms with Crippen molar-refractivity contribution in [3.8, 4) is 0 Å². The number of nitrogens with one attached hydrogen (secondary N) is 1. The summed E-state index contributed by atoms with van der Waals surface area (Å²) in [4.78, 5) is 0. The van der Waals surface area contributed by atoms with Crippen LogP contribution in [0.2, 0.25) is 0 Å². The molecule has 4 heteroatoms. The second kappa shape index (κ2) is 3.20. The highest BCUT2D eigenvalue weighted by Gasteiger charge is 2.24. The monoisotopic (exact) mass is 231 g/mol. The van der Waals surface area contributed by atoms with Gasteiger partial charge in [0.15, 0.2) is 10.9 Å². The van der Waals surface area contributed by atoms with Crippen molar-refractivity contribution >= 4 is 15.9 Å². The second-order valence-corrected chi connectivity index (χ2v) is 3.70. The number of halogens is 1. The van der Waals surface area contributed by atoms with Crippen molar-refractivity contribution < 1.29 is 9.15 Å². The first kappa shape index (κ1) is 8.29. The lowest BCUT2D eigenvalue weighted by Crippen LogP contribution is -2.21. The molecule has 2 rings (SSSR count). The highest BCUT2D eigenvalue weighted by atomic mass is 79.9. The molecule has 1 aromatic rings. The van der Waals surface area contributed by atoms with Gasteiger partial charge in [0.05, 0.1) is 6.61 Å². The van der Waals surface area contributed by atoms with Crippen molar-refractivity contribution in [3.05, 3.63) is 22.6 Å². The molecule has 0 radical (unpaired) electrons. The van der Waals surface area contributed by atoms with E-state index >= 15 is 0 Å². The Balaban J connectivity index is 2.11. The summed E-state index contributed by atoms with van der Waals surface area (Å²) in [5.74, 6) is 0.825. The quantitative estimate of drug-likeness (QED) is 0.804. The van der Waals surface area contributed by atoms with E-state index in [9.17, 15) is 0 Å². The Bertz CT molecular complexity index is 274. The third kappa shape index (κ3) is 1.55. The maximum absolute atomic E-state index is 5.44. The molecule has 0 saturated carbocycles. The molecule has 0 aromatic carbocycles. The van der Waals surface area contributed by atoms with Gasteiger partial charge in [-0.25, -0.2) is 0 Å². The van der Waals surface area contributed by atoms with E-state index in [-0.39, 0.29) is 6.23 Å². The van der Waals surface area contributed by atoms with Gasteiger partial charge in [-0.15, -0.1) is 0 Å². The Morgan fingerprint density at radius 1 is 1.58 bits per heavy atom. The maximum atomic E-state index is 5.44. The van der Waals surface area contributed by atoms with Crippen LogP contribution in [-0.4, -0.2) is 12.6 Å². The highest BCUT2D eigenvalue weighted by Crippen LogP contribution is 2.24. The predicted molar refractivity (Wildman–Crippen MR) is 47.7 cm³/mol. The van der Waals surface area contributed by atoms with Crippen LogP contribution in [-0.2, 0) is 4.74 Å². The van der Waals surface area contributed by atoms with Gasteiger partial charge in [-0.05, 0) is 35.0 Å². The molecule has 1 N–H and O–H groups in total. The van der Waals surface area contributed by atoms with Gasteiger partial charge in [0.1, 0.15) is 5.76 Å². The molecule has 0 amide bonds. The average Bonchev–Trinajstić information content (AvgIpc) is 2.58. The van der Waals surface area contributed by atoms with Gasteiger partial charge in [-0.1, -0.05) is 0 Å². The summed E-state index contributed by atoms with van der Waals surface area (Å²) >= 11 is 3.24. The Kier molecular flexibility index (Phi) is 2.21. The predicted octanol–water partition coefficient (Wildman–Crippen LogP) is 2.05. The number of furan rings is 1. The van der Waals surface area contributed by atoms with Crippen molar-refractivity contribution in [2.24, 2.45) is 0 Å². The zero-order valence-corrected chi connectivity index (χ0v) is 8.30. The van der Waals surface area contributed by atoms with E-state index in [1.165, 1.54) is 0 Å². The van der Waals surface area contributed by atoms with Crippen molar-refractivity contribution in [1.82, 2.24) is 5.32 Å². The molecule has 1 saturated heterocycles. The minimum Gasteiger partial charge on any atom is -0.450 e. The number of hydrogen-bond acceptors (Lipinski definition) is 3. The first-order valence-electron chi connectivity index (χ1n) is 3.88. The second-order valence-electron chi connectivity index (χ2n) is 2.92. The smallest absolute Gasteiger partial charge is 0.169 e. The molecule has 66 valence electrons. The fraction of sp³-hybridized carbons (Fsp3) is 0.500. The number of ether oxygens (including phenoxy) is 1. The van der Waals surface area contributed by atoms with Crippen molar-refractivity contribution in [2.75, 3.05) is 6.61 Å². The van der Waals surface area contributed by atoms with E-state index < -0.39 is 0 Å². The Morgan fingerprint density at radius 3 is 2.92 bits per heavy atom. The summed E-state index contributed by atoms with van der Waals surface area (Å²) < 4.78 is 11.5.